The van der Waals surface area contributed by atoms with Crippen molar-refractivity contribution in [1.29, 1.82) is 0 Å². The first-order valence-electron chi connectivity index (χ1n) is 6.57. The third-order valence-electron chi connectivity index (χ3n) is 2.95. The summed E-state index contributed by atoms with van der Waals surface area (Å²) < 4.78 is 5.05. The van der Waals surface area contributed by atoms with Gasteiger partial charge < -0.3 is 9.84 Å². The number of anilines is 1. The first-order chi connectivity index (χ1) is 11.4. The lowest BCUT2D eigenvalue weighted by molar-refractivity contribution is -0.384. The SMILES string of the molecule is O=C(Nc1c(Br)cc(C(=O)O)cc1[N+](=O)[O-])OCc1ccccc1. The van der Waals surface area contributed by atoms with E-state index in [0.29, 0.717) is 0 Å². The number of carboxylic acid groups (broad SMARTS) is 1. The van der Waals surface area contributed by atoms with Crippen molar-refractivity contribution in [2.75, 3.05) is 5.32 Å². The van der Waals surface area contributed by atoms with Crippen LogP contribution in [0.2, 0.25) is 0 Å². The Bertz CT molecular complexity index is 794. The number of rotatable bonds is 5. The number of halogens is 1. The summed E-state index contributed by atoms with van der Waals surface area (Å²) in [7, 11) is 0. The summed E-state index contributed by atoms with van der Waals surface area (Å²) in [4.78, 5) is 33.1. The molecule has 9 heteroatoms. The van der Waals surface area contributed by atoms with E-state index in [1.54, 1.807) is 24.3 Å². The topological polar surface area (TPSA) is 119 Å². The van der Waals surface area contributed by atoms with Gasteiger partial charge >= 0.3 is 12.1 Å². The molecule has 24 heavy (non-hydrogen) atoms. The van der Waals surface area contributed by atoms with Crippen LogP contribution < -0.4 is 5.32 Å². The molecule has 0 atom stereocenters. The first kappa shape index (κ1) is 17.4. The van der Waals surface area contributed by atoms with E-state index in [1.165, 1.54) is 0 Å². The molecule has 0 unspecified atom stereocenters. The molecule has 0 fully saturated rings. The molecule has 2 aromatic carbocycles. The summed E-state index contributed by atoms with van der Waals surface area (Å²) in [5, 5.41) is 22.3. The largest absolute Gasteiger partial charge is 0.478 e. The van der Waals surface area contributed by atoms with E-state index >= 15 is 0 Å². The number of nitro groups is 1. The number of carboxylic acids is 1. The second kappa shape index (κ2) is 7.55. The quantitative estimate of drug-likeness (QED) is 0.587. The van der Waals surface area contributed by atoms with Gasteiger partial charge in [-0.1, -0.05) is 30.3 Å². The fourth-order valence-electron chi connectivity index (χ4n) is 1.84. The Morgan fingerprint density at radius 2 is 1.92 bits per heavy atom. The third-order valence-corrected chi connectivity index (χ3v) is 3.58. The molecular formula is C15H11BrN2O6. The van der Waals surface area contributed by atoms with Gasteiger partial charge in [0.2, 0.25) is 0 Å². The van der Waals surface area contributed by atoms with Crippen molar-refractivity contribution in [2.45, 2.75) is 6.61 Å². The van der Waals surface area contributed by atoms with E-state index in [2.05, 4.69) is 21.2 Å². The van der Waals surface area contributed by atoms with Gasteiger partial charge in [0.05, 0.1) is 10.5 Å². The lowest BCUT2D eigenvalue weighted by Crippen LogP contribution is -2.15. The number of carbonyl (C=O) groups is 2. The van der Waals surface area contributed by atoms with Crippen molar-refractivity contribution < 1.29 is 24.4 Å². The average molecular weight is 395 g/mol. The number of amides is 1. The molecule has 2 N–H and O–H groups in total. The molecule has 2 rings (SSSR count). The van der Waals surface area contributed by atoms with Gasteiger partial charge in [0.1, 0.15) is 12.3 Å². The van der Waals surface area contributed by atoms with Crippen LogP contribution in [-0.4, -0.2) is 22.1 Å². The maximum absolute atomic E-state index is 11.8. The number of nitrogens with zero attached hydrogens (tertiary/aromatic N) is 1. The predicted molar refractivity (Wildman–Crippen MR) is 88.0 cm³/mol. The van der Waals surface area contributed by atoms with Crippen LogP contribution in [0.3, 0.4) is 0 Å². The van der Waals surface area contributed by atoms with Gasteiger partial charge in [-0.3, -0.25) is 15.4 Å². The third kappa shape index (κ3) is 4.29. The normalized spacial score (nSPS) is 10.0. The van der Waals surface area contributed by atoms with Gasteiger partial charge in [0, 0.05) is 10.5 Å². The second-order valence-corrected chi connectivity index (χ2v) is 5.46. The number of hydrogen-bond donors (Lipinski definition) is 2. The molecule has 0 aliphatic rings. The number of carbonyl (C=O) groups excluding carboxylic acids is 1. The number of nitro benzene ring substituents is 1. The second-order valence-electron chi connectivity index (χ2n) is 4.60. The van der Waals surface area contributed by atoms with Crippen LogP contribution in [0, 0.1) is 10.1 Å². The minimum atomic E-state index is -1.32. The van der Waals surface area contributed by atoms with Crippen LogP contribution >= 0.6 is 15.9 Å². The summed E-state index contributed by atoms with van der Waals surface area (Å²) in [6.45, 7) is -0.00863. The zero-order chi connectivity index (χ0) is 17.7. The van der Waals surface area contributed by atoms with E-state index < -0.39 is 22.7 Å². The molecule has 8 nitrogen and oxygen atoms in total. The van der Waals surface area contributed by atoms with E-state index in [-0.39, 0.29) is 22.3 Å². The summed E-state index contributed by atoms with van der Waals surface area (Å²) in [6.07, 6.45) is -0.897. The molecule has 0 aliphatic heterocycles. The van der Waals surface area contributed by atoms with Crippen molar-refractivity contribution in [3.05, 3.63) is 68.2 Å². The molecule has 1 amide bonds. The Balaban J connectivity index is 2.17. The number of aromatic carboxylic acids is 1. The molecule has 0 bridgehead atoms. The Labute approximate surface area is 144 Å². The van der Waals surface area contributed by atoms with Gasteiger partial charge in [-0.05, 0) is 27.6 Å². The lowest BCUT2D eigenvalue weighted by Gasteiger charge is -2.10. The zero-order valence-corrected chi connectivity index (χ0v) is 13.6. The summed E-state index contributed by atoms with van der Waals surface area (Å²) in [5.74, 6) is -1.32. The van der Waals surface area contributed by atoms with E-state index in [9.17, 15) is 19.7 Å². The Kier molecular flexibility index (Phi) is 5.48. The summed E-state index contributed by atoms with van der Waals surface area (Å²) in [6, 6.07) is 10.9. The van der Waals surface area contributed by atoms with Gasteiger partial charge in [0.15, 0.2) is 0 Å². The van der Waals surface area contributed by atoms with Gasteiger partial charge in [-0.25, -0.2) is 9.59 Å². The smallest absolute Gasteiger partial charge is 0.412 e. The average Bonchev–Trinajstić information content (AvgIpc) is 2.55. The summed E-state index contributed by atoms with van der Waals surface area (Å²) >= 11 is 3.02. The van der Waals surface area contributed by atoms with Crippen LogP contribution in [0.1, 0.15) is 15.9 Å². The van der Waals surface area contributed by atoms with E-state index in [0.717, 1.165) is 17.7 Å². The Morgan fingerprint density at radius 3 is 2.50 bits per heavy atom. The van der Waals surface area contributed by atoms with Crippen LogP contribution in [0.15, 0.2) is 46.9 Å². The molecule has 0 heterocycles. The molecular weight excluding hydrogens is 384 g/mol. The maximum atomic E-state index is 11.8. The fourth-order valence-corrected chi connectivity index (χ4v) is 2.39. The minimum absolute atomic E-state index is 0.00863. The highest BCUT2D eigenvalue weighted by molar-refractivity contribution is 9.10. The zero-order valence-electron chi connectivity index (χ0n) is 12.1. The molecule has 0 radical (unpaired) electrons. The molecule has 0 spiro atoms. The Hall–Kier alpha value is -2.94. The van der Waals surface area contributed by atoms with Crippen LogP contribution in [0.25, 0.3) is 0 Å². The van der Waals surface area contributed by atoms with Gasteiger partial charge in [0.25, 0.3) is 5.69 Å². The predicted octanol–water partition coefficient (Wildman–Crippen LogP) is 3.80. The van der Waals surface area contributed by atoms with Crippen molar-refractivity contribution in [3.8, 4) is 0 Å². The van der Waals surface area contributed by atoms with E-state index in [4.69, 9.17) is 9.84 Å². The van der Waals surface area contributed by atoms with Crippen LogP contribution in [-0.2, 0) is 11.3 Å². The van der Waals surface area contributed by atoms with Gasteiger partial charge in [-0.15, -0.1) is 0 Å². The molecule has 0 saturated carbocycles. The molecule has 0 saturated heterocycles. The highest BCUT2D eigenvalue weighted by Gasteiger charge is 2.23. The van der Waals surface area contributed by atoms with Crippen LogP contribution in [0.4, 0.5) is 16.2 Å². The molecule has 124 valence electrons. The number of benzene rings is 2. The number of ether oxygens (including phenoxy) is 1. The van der Waals surface area contributed by atoms with Gasteiger partial charge in [-0.2, -0.15) is 0 Å². The first-order valence-corrected chi connectivity index (χ1v) is 7.36. The highest BCUT2D eigenvalue weighted by Crippen LogP contribution is 2.34. The lowest BCUT2D eigenvalue weighted by atomic mass is 10.1. The molecule has 0 aromatic heterocycles. The van der Waals surface area contributed by atoms with Crippen molar-refractivity contribution in [2.24, 2.45) is 0 Å². The molecule has 2 aromatic rings. The standard InChI is InChI=1S/C15H11BrN2O6/c16-11-6-10(14(19)20)7-12(18(22)23)13(11)17-15(21)24-8-9-4-2-1-3-5-9/h1-7H,8H2,(H,17,21)(H,19,20). The van der Waals surface area contributed by atoms with Crippen molar-refractivity contribution >= 4 is 39.4 Å². The number of hydrogen-bond acceptors (Lipinski definition) is 5. The highest BCUT2D eigenvalue weighted by atomic mass is 79.9. The minimum Gasteiger partial charge on any atom is -0.478 e. The summed E-state index contributed by atoms with van der Waals surface area (Å²) in [5.41, 5.74) is -0.263. The number of nitrogens with one attached hydrogen (secondary N) is 1. The van der Waals surface area contributed by atoms with Crippen molar-refractivity contribution in [3.63, 3.8) is 0 Å². The Morgan fingerprint density at radius 1 is 1.25 bits per heavy atom. The monoisotopic (exact) mass is 394 g/mol. The van der Waals surface area contributed by atoms with Crippen LogP contribution in [0.5, 0.6) is 0 Å². The van der Waals surface area contributed by atoms with E-state index in [1.807, 2.05) is 6.07 Å². The molecule has 0 aliphatic carbocycles. The van der Waals surface area contributed by atoms with Crippen molar-refractivity contribution in [1.82, 2.24) is 0 Å². The fraction of sp³-hybridized carbons (Fsp3) is 0.0667. The maximum Gasteiger partial charge on any atom is 0.412 e.